The van der Waals surface area contributed by atoms with Crippen LogP contribution < -0.4 is 4.74 Å². The Labute approximate surface area is 169 Å². The SMILES string of the molecule is CC(C)C(=O)N1Cc2cccn2CC(Oc2ncccc2F)C1.O=C(O)C(F)(F)F. The average molecular weight is 431 g/mol. The van der Waals surface area contributed by atoms with Gasteiger partial charge in [-0.25, -0.2) is 14.2 Å². The van der Waals surface area contributed by atoms with Gasteiger partial charge >= 0.3 is 12.1 Å². The van der Waals surface area contributed by atoms with Crippen LogP contribution in [0.2, 0.25) is 0 Å². The van der Waals surface area contributed by atoms with Crippen LogP contribution in [0, 0.1) is 11.7 Å². The fraction of sp³-hybridized carbons (Fsp3) is 0.421. The standard InChI is InChI=1S/C17H20FN3O2.C2HF3O2/c1-12(2)17(22)21-9-13-5-4-8-20(13)10-14(11-21)23-16-15(18)6-3-7-19-16;3-2(4,5)1(6)7/h3-8,12,14H,9-11H2,1-2H3;(H,6,7). The smallest absolute Gasteiger partial charge is 0.475 e. The molecule has 1 atom stereocenters. The Morgan fingerprint density at radius 3 is 2.47 bits per heavy atom. The summed E-state index contributed by atoms with van der Waals surface area (Å²) in [4.78, 5) is 27.0. The average Bonchev–Trinajstić information content (AvgIpc) is 3.01. The normalized spacial score (nSPS) is 16.2. The zero-order chi connectivity index (χ0) is 22.5. The molecule has 0 saturated heterocycles. The van der Waals surface area contributed by atoms with Crippen LogP contribution in [0.1, 0.15) is 19.5 Å². The minimum Gasteiger partial charge on any atom is -0.475 e. The molecule has 0 saturated carbocycles. The topological polar surface area (TPSA) is 84.7 Å². The molecule has 1 aliphatic heterocycles. The molecule has 0 spiro atoms. The van der Waals surface area contributed by atoms with E-state index < -0.39 is 18.0 Å². The van der Waals surface area contributed by atoms with Crippen LogP contribution in [0.3, 0.4) is 0 Å². The molecule has 3 heterocycles. The van der Waals surface area contributed by atoms with Gasteiger partial charge in [0.15, 0.2) is 5.82 Å². The maximum atomic E-state index is 13.8. The van der Waals surface area contributed by atoms with Crippen molar-refractivity contribution in [2.24, 2.45) is 5.92 Å². The van der Waals surface area contributed by atoms with E-state index in [1.165, 1.54) is 18.3 Å². The molecule has 3 rings (SSSR count). The number of alkyl halides is 3. The van der Waals surface area contributed by atoms with Crippen molar-refractivity contribution in [1.29, 1.82) is 0 Å². The summed E-state index contributed by atoms with van der Waals surface area (Å²) in [6.45, 7) is 5.25. The summed E-state index contributed by atoms with van der Waals surface area (Å²) in [5.74, 6) is -3.30. The second-order valence-electron chi connectivity index (χ2n) is 6.86. The van der Waals surface area contributed by atoms with Crippen LogP contribution in [0.15, 0.2) is 36.7 Å². The number of hydrogen-bond donors (Lipinski definition) is 1. The van der Waals surface area contributed by atoms with Crippen molar-refractivity contribution in [2.75, 3.05) is 6.54 Å². The van der Waals surface area contributed by atoms with Gasteiger partial charge in [-0.1, -0.05) is 13.8 Å². The Bertz CT molecular complexity index is 883. The molecule has 0 bridgehead atoms. The largest absolute Gasteiger partial charge is 0.490 e. The molecule has 30 heavy (non-hydrogen) atoms. The summed E-state index contributed by atoms with van der Waals surface area (Å²) in [6.07, 6.45) is -1.99. The number of hydrogen-bond acceptors (Lipinski definition) is 4. The molecule has 2 aromatic heterocycles. The van der Waals surface area contributed by atoms with Crippen molar-refractivity contribution in [3.05, 3.63) is 48.2 Å². The Hall–Kier alpha value is -3.11. The van der Waals surface area contributed by atoms with Crippen molar-refractivity contribution in [2.45, 2.75) is 39.2 Å². The highest BCUT2D eigenvalue weighted by Gasteiger charge is 2.38. The molecule has 2 aromatic rings. The molecular weight excluding hydrogens is 410 g/mol. The monoisotopic (exact) mass is 431 g/mol. The van der Waals surface area contributed by atoms with Crippen LogP contribution in [0.25, 0.3) is 0 Å². The number of fused-ring (bicyclic) bond motifs is 1. The van der Waals surface area contributed by atoms with E-state index in [1.807, 2.05) is 36.7 Å². The number of carbonyl (C=O) groups is 2. The van der Waals surface area contributed by atoms with Crippen molar-refractivity contribution in [1.82, 2.24) is 14.5 Å². The minimum atomic E-state index is -5.08. The molecule has 7 nitrogen and oxygen atoms in total. The lowest BCUT2D eigenvalue weighted by molar-refractivity contribution is -0.192. The summed E-state index contributed by atoms with van der Waals surface area (Å²) < 4.78 is 53.3. The van der Waals surface area contributed by atoms with E-state index >= 15 is 0 Å². The lowest BCUT2D eigenvalue weighted by atomic mass is 10.1. The van der Waals surface area contributed by atoms with E-state index in [9.17, 15) is 22.4 Å². The molecule has 164 valence electrons. The van der Waals surface area contributed by atoms with Crippen LogP contribution >= 0.6 is 0 Å². The Morgan fingerprint density at radius 2 is 1.90 bits per heavy atom. The first-order chi connectivity index (χ1) is 14.0. The highest BCUT2D eigenvalue weighted by atomic mass is 19.4. The van der Waals surface area contributed by atoms with Gasteiger partial charge in [-0.05, 0) is 24.3 Å². The highest BCUT2D eigenvalue weighted by Crippen LogP contribution is 2.20. The number of ether oxygens (including phenoxy) is 1. The predicted molar refractivity (Wildman–Crippen MR) is 97.0 cm³/mol. The second-order valence-corrected chi connectivity index (χ2v) is 6.86. The van der Waals surface area contributed by atoms with Crippen molar-refractivity contribution < 1.29 is 37.0 Å². The summed E-state index contributed by atoms with van der Waals surface area (Å²) in [6, 6.07) is 6.77. The van der Waals surface area contributed by atoms with E-state index in [-0.39, 0.29) is 23.8 Å². The van der Waals surface area contributed by atoms with Crippen LogP contribution in [-0.2, 0) is 22.7 Å². The highest BCUT2D eigenvalue weighted by molar-refractivity contribution is 5.78. The molecule has 1 N–H and O–H groups in total. The summed E-state index contributed by atoms with van der Waals surface area (Å²) in [7, 11) is 0. The number of halogens is 4. The summed E-state index contributed by atoms with van der Waals surface area (Å²) in [5, 5.41) is 7.12. The first-order valence-electron chi connectivity index (χ1n) is 8.99. The zero-order valence-corrected chi connectivity index (χ0v) is 16.3. The Kier molecular flexibility index (Phi) is 7.41. The number of nitrogens with zero attached hydrogens (tertiary/aromatic N) is 3. The molecule has 0 fully saturated rings. The third-order valence-electron chi connectivity index (χ3n) is 4.15. The third-order valence-corrected chi connectivity index (χ3v) is 4.15. The summed E-state index contributed by atoms with van der Waals surface area (Å²) in [5.41, 5.74) is 1.05. The van der Waals surface area contributed by atoms with E-state index in [1.54, 1.807) is 4.90 Å². The molecule has 1 amide bonds. The second kappa shape index (κ2) is 9.59. The first kappa shape index (κ1) is 23.2. The molecule has 0 aliphatic carbocycles. The number of pyridine rings is 1. The molecule has 11 heteroatoms. The van der Waals surface area contributed by atoms with E-state index in [2.05, 4.69) is 4.98 Å². The fourth-order valence-electron chi connectivity index (χ4n) is 2.78. The Morgan fingerprint density at radius 1 is 1.23 bits per heavy atom. The van der Waals surface area contributed by atoms with Crippen molar-refractivity contribution in [3.8, 4) is 5.88 Å². The van der Waals surface area contributed by atoms with Crippen LogP contribution in [0.4, 0.5) is 17.6 Å². The number of carboxylic acids is 1. The van der Waals surface area contributed by atoms with Gasteiger partial charge in [-0.2, -0.15) is 13.2 Å². The van der Waals surface area contributed by atoms with Gasteiger partial charge in [0, 0.05) is 24.0 Å². The zero-order valence-electron chi connectivity index (χ0n) is 16.3. The molecule has 0 aromatic carbocycles. The number of aromatic nitrogens is 2. The van der Waals surface area contributed by atoms with Gasteiger partial charge in [-0.3, -0.25) is 4.79 Å². The molecule has 0 radical (unpaired) electrons. The third kappa shape index (κ3) is 6.19. The number of carboxylic acid groups (broad SMARTS) is 1. The maximum absolute atomic E-state index is 13.8. The maximum Gasteiger partial charge on any atom is 0.490 e. The van der Waals surface area contributed by atoms with Gasteiger partial charge in [0.25, 0.3) is 5.88 Å². The molecular formula is C19H21F4N3O4. The van der Waals surface area contributed by atoms with Gasteiger partial charge in [0.05, 0.1) is 19.6 Å². The quantitative estimate of drug-likeness (QED) is 0.755. The van der Waals surface area contributed by atoms with Crippen LogP contribution in [0.5, 0.6) is 5.88 Å². The van der Waals surface area contributed by atoms with Gasteiger partial charge in [-0.15, -0.1) is 0 Å². The minimum absolute atomic E-state index is 0.0231. The van der Waals surface area contributed by atoms with Gasteiger partial charge in [0.2, 0.25) is 5.91 Å². The molecule has 1 aliphatic rings. The number of carbonyl (C=O) groups excluding carboxylic acids is 1. The lowest BCUT2D eigenvalue weighted by Gasteiger charge is -2.26. The lowest BCUT2D eigenvalue weighted by Crippen LogP contribution is -2.40. The number of aliphatic carboxylic acids is 1. The number of amides is 1. The predicted octanol–water partition coefficient (Wildman–Crippen LogP) is 3.10. The fourth-order valence-corrected chi connectivity index (χ4v) is 2.78. The van der Waals surface area contributed by atoms with E-state index in [4.69, 9.17) is 14.6 Å². The summed E-state index contributed by atoms with van der Waals surface area (Å²) >= 11 is 0. The van der Waals surface area contributed by atoms with Gasteiger partial charge in [0.1, 0.15) is 6.10 Å². The molecule has 1 unspecified atom stereocenters. The van der Waals surface area contributed by atoms with E-state index in [0.717, 1.165) is 5.69 Å². The van der Waals surface area contributed by atoms with Crippen molar-refractivity contribution in [3.63, 3.8) is 0 Å². The van der Waals surface area contributed by atoms with Gasteiger partial charge < -0.3 is 19.3 Å². The van der Waals surface area contributed by atoms with E-state index in [0.29, 0.717) is 19.6 Å². The Balaban J connectivity index is 0.000000396. The van der Waals surface area contributed by atoms with Crippen molar-refractivity contribution >= 4 is 11.9 Å². The number of rotatable bonds is 3. The first-order valence-corrected chi connectivity index (χ1v) is 8.99. The van der Waals surface area contributed by atoms with Crippen LogP contribution in [-0.4, -0.2) is 50.3 Å².